The summed E-state index contributed by atoms with van der Waals surface area (Å²) in [6.07, 6.45) is 5.55. The van der Waals surface area contributed by atoms with Gasteiger partial charge in [0.1, 0.15) is 0 Å². The zero-order chi connectivity index (χ0) is 19.0. The molecule has 1 unspecified atom stereocenters. The highest BCUT2D eigenvalue weighted by molar-refractivity contribution is 7.86. The summed E-state index contributed by atoms with van der Waals surface area (Å²) in [6, 6.07) is 20.7. The van der Waals surface area contributed by atoms with Crippen LogP contribution in [0.25, 0.3) is 5.57 Å². The fraction of sp³-hybridized carbons (Fsp3) is 0.364. The highest BCUT2D eigenvalue weighted by Gasteiger charge is 2.18. The Balaban J connectivity index is 2.09. The second-order valence-electron chi connectivity index (χ2n) is 6.86. The average molecular weight is 373 g/mol. The van der Waals surface area contributed by atoms with Crippen molar-refractivity contribution >= 4 is 15.7 Å². The maximum absolute atomic E-state index is 11.4. The Hall–Kier alpha value is -1.91. The van der Waals surface area contributed by atoms with Crippen molar-refractivity contribution in [2.45, 2.75) is 39.2 Å². The molecule has 0 aliphatic heterocycles. The van der Waals surface area contributed by atoms with Gasteiger partial charge >= 0.3 is 0 Å². The summed E-state index contributed by atoms with van der Waals surface area (Å²) < 4.78 is 28.1. The van der Waals surface area contributed by atoms with Crippen LogP contribution in [0, 0.1) is 5.92 Å². The first kappa shape index (κ1) is 20.4. The van der Waals surface area contributed by atoms with E-state index in [1.807, 2.05) is 50.2 Å². The molecule has 0 bridgehead atoms. The van der Waals surface area contributed by atoms with Gasteiger partial charge in [-0.3, -0.25) is 4.18 Å². The van der Waals surface area contributed by atoms with E-state index in [1.165, 1.54) is 16.7 Å². The van der Waals surface area contributed by atoms with Crippen molar-refractivity contribution in [1.29, 1.82) is 0 Å². The highest BCUT2D eigenvalue weighted by atomic mass is 32.2. The van der Waals surface area contributed by atoms with Crippen LogP contribution in [0.4, 0.5) is 0 Å². The molecule has 0 fully saturated rings. The molecule has 2 rings (SSSR count). The van der Waals surface area contributed by atoms with Crippen LogP contribution < -0.4 is 0 Å². The molecular weight excluding hydrogens is 344 g/mol. The normalized spacial score (nSPS) is 12.8. The molecule has 0 radical (unpaired) electrons. The van der Waals surface area contributed by atoms with Gasteiger partial charge in [0.25, 0.3) is 10.1 Å². The van der Waals surface area contributed by atoms with Crippen LogP contribution in [0.3, 0.4) is 0 Å². The second kappa shape index (κ2) is 9.70. The van der Waals surface area contributed by atoms with Gasteiger partial charge in [-0.2, -0.15) is 8.42 Å². The fourth-order valence-electron chi connectivity index (χ4n) is 2.92. The number of benzene rings is 2. The van der Waals surface area contributed by atoms with Crippen LogP contribution in [0.15, 0.2) is 66.7 Å². The van der Waals surface area contributed by atoms with E-state index in [2.05, 4.69) is 30.3 Å². The third kappa shape index (κ3) is 6.77. The molecule has 1 atom stereocenters. The Morgan fingerprint density at radius 3 is 1.88 bits per heavy atom. The maximum atomic E-state index is 11.4. The van der Waals surface area contributed by atoms with Crippen molar-refractivity contribution in [2.24, 2.45) is 5.92 Å². The lowest BCUT2D eigenvalue weighted by Gasteiger charge is -2.19. The van der Waals surface area contributed by atoms with Gasteiger partial charge in [-0.15, -0.1) is 0 Å². The van der Waals surface area contributed by atoms with Gasteiger partial charge < -0.3 is 0 Å². The van der Waals surface area contributed by atoms with Gasteiger partial charge in [0.2, 0.25) is 0 Å². The molecule has 2 aromatic carbocycles. The lowest BCUT2D eigenvalue weighted by Crippen LogP contribution is -2.23. The largest absolute Gasteiger partial charge is 0.267 e. The van der Waals surface area contributed by atoms with Crippen molar-refractivity contribution in [1.82, 2.24) is 0 Å². The Labute approximate surface area is 157 Å². The van der Waals surface area contributed by atoms with E-state index < -0.39 is 10.1 Å². The van der Waals surface area contributed by atoms with Crippen molar-refractivity contribution in [2.75, 3.05) is 6.26 Å². The number of unbranched alkanes of at least 4 members (excludes halogenated alkanes) is 1. The summed E-state index contributed by atoms with van der Waals surface area (Å²) in [6.45, 7) is 3.98. The lowest BCUT2D eigenvalue weighted by atomic mass is 9.95. The summed E-state index contributed by atoms with van der Waals surface area (Å²) in [7, 11) is -3.42. The van der Waals surface area contributed by atoms with Crippen LogP contribution in [0.5, 0.6) is 0 Å². The third-order valence-corrected chi connectivity index (χ3v) is 4.85. The minimum atomic E-state index is -3.42. The zero-order valence-corrected chi connectivity index (χ0v) is 16.6. The molecule has 2 aromatic rings. The van der Waals surface area contributed by atoms with Crippen LogP contribution in [0.1, 0.15) is 44.2 Å². The highest BCUT2D eigenvalue weighted by Crippen LogP contribution is 2.25. The fourth-order valence-corrected chi connectivity index (χ4v) is 3.69. The topological polar surface area (TPSA) is 43.4 Å². The van der Waals surface area contributed by atoms with E-state index in [1.54, 1.807) is 0 Å². The van der Waals surface area contributed by atoms with Gasteiger partial charge in [-0.05, 0) is 41.9 Å². The zero-order valence-electron chi connectivity index (χ0n) is 15.8. The molecule has 0 saturated carbocycles. The Bertz CT molecular complexity index is 752. The molecule has 4 heteroatoms. The van der Waals surface area contributed by atoms with Crippen LogP contribution in [0.2, 0.25) is 0 Å². The third-order valence-electron chi connectivity index (χ3n) is 4.25. The maximum Gasteiger partial charge on any atom is 0.264 e. The summed E-state index contributed by atoms with van der Waals surface area (Å²) in [5.74, 6) is 0.163. The van der Waals surface area contributed by atoms with E-state index in [0.717, 1.165) is 25.5 Å². The van der Waals surface area contributed by atoms with Crippen LogP contribution in [-0.4, -0.2) is 20.8 Å². The predicted molar refractivity (Wildman–Crippen MR) is 108 cm³/mol. The van der Waals surface area contributed by atoms with Gasteiger partial charge in [0.05, 0.1) is 12.4 Å². The number of rotatable bonds is 9. The molecule has 0 aliphatic carbocycles. The van der Waals surface area contributed by atoms with E-state index in [0.29, 0.717) is 0 Å². The molecule has 0 N–H and O–H groups in total. The molecule has 0 aromatic heterocycles. The van der Waals surface area contributed by atoms with Gasteiger partial charge in [0.15, 0.2) is 0 Å². The summed E-state index contributed by atoms with van der Waals surface area (Å²) >= 11 is 0. The first-order valence-electron chi connectivity index (χ1n) is 9.06. The minimum absolute atomic E-state index is 0.163. The summed E-state index contributed by atoms with van der Waals surface area (Å²) in [5, 5.41) is 0. The summed E-state index contributed by atoms with van der Waals surface area (Å²) in [5.41, 5.74) is 3.58. The Morgan fingerprint density at radius 1 is 0.962 bits per heavy atom. The van der Waals surface area contributed by atoms with Crippen molar-refractivity contribution in [3.05, 3.63) is 77.9 Å². The monoisotopic (exact) mass is 372 g/mol. The molecule has 0 saturated heterocycles. The molecular formula is C22H28O3S. The quantitative estimate of drug-likeness (QED) is 0.444. The Kier molecular flexibility index (Phi) is 7.61. The van der Waals surface area contributed by atoms with Gasteiger partial charge in [-0.25, -0.2) is 0 Å². The van der Waals surface area contributed by atoms with E-state index in [4.69, 9.17) is 4.18 Å². The molecule has 0 spiro atoms. The first-order valence-corrected chi connectivity index (χ1v) is 10.9. The average Bonchev–Trinajstić information content (AvgIpc) is 2.61. The second-order valence-corrected chi connectivity index (χ2v) is 8.46. The minimum Gasteiger partial charge on any atom is -0.267 e. The molecule has 26 heavy (non-hydrogen) atoms. The van der Waals surface area contributed by atoms with Gasteiger partial charge in [-0.1, -0.05) is 80.6 Å². The van der Waals surface area contributed by atoms with Crippen LogP contribution >= 0.6 is 0 Å². The molecule has 3 nitrogen and oxygen atoms in total. The number of hydrogen-bond acceptors (Lipinski definition) is 3. The van der Waals surface area contributed by atoms with Crippen molar-refractivity contribution < 1.29 is 12.6 Å². The summed E-state index contributed by atoms with van der Waals surface area (Å²) in [4.78, 5) is 0. The predicted octanol–water partition coefficient (Wildman–Crippen LogP) is 5.29. The SMILES string of the molecule is CC(C)C(CCCC=C(c1ccccc1)c1ccccc1)OS(C)(=O)=O. The van der Waals surface area contributed by atoms with E-state index in [-0.39, 0.29) is 12.0 Å². The van der Waals surface area contributed by atoms with Crippen molar-refractivity contribution in [3.8, 4) is 0 Å². The number of allylic oxidation sites excluding steroid dienone is 1. The Morgan fingerprint density at radius 2 is 1.46 bits per heavy atom. The smallest absolute Gasteiger partial charge is 0.264 e. The molecule has 0 heterocycles. The molecule has 140 valence electrons. The lowest BCUT2D eigenvalue weighted by molar-refractivity contribution is 0.148. The van der Waals surface area contributed by atoms with Crippen LogP contribution in [-0.2, 0) is 14.3 Å². The first-order chi connectivity index (χ1) is 12.4. The van der Waals surface area contributed by atoms with E-state index >= 15 is 0 Å². The molecule has 0 aliphatic rings. The van der Waals surface area contributed by atoms with Crippen molar-refractivity contribution in [3.63, 3.8) is 0 Å². The van der Waals surface area contributed by atoms with Gasteiger partial charge in [0, 0.05) is 0 Å². The molecule has 0 amide bonds. The van der Waals surface area contributed by atoms with E-state index in [9.17, 15) is 8.42 Å². The standard InChI is InChI=1S/C22H28O3S/c1-18(2)22(25-26(3,23)24)17-11-10-16-21(19-12-6-4-7-13-19)20-14-8-5-9-15-20/h4-9,12-16,18,22H,10-11,17H2,1-3H3. The number of hydrogen-bond donors (Lipinski definition) is 0.